The molecule has 0 heterocycles. The molecule has 0 fully saturated rings. The van der Waals surface area contributed by atoms with E-state index in [0.29, 0.717) is 19.3 Å². The molecule has 0 aromatic rings. The Morgan fingerprint density at radius 1 is 0.345 bits per heavy atom. The molecule has 55 heavy (non-hydrogen) atoms. The van der Waals surface area contributed by atoms with Crippen LogP contribution in [0.3, 0.4) is 0 Å². The maximum atomic E-state index is 12.7. The molecule has 0 spiro atoms. The van der Waals surface area contributed by atoms with E-state index in [1.807, 2.05) is 0 Å². The van der Waals surface area contributed by atoms with Crippen LogP contribution in [-0.4, -0.2) is 37.2 Å². The van der Waals surface area contributed by atoms with Crippen molar-refractivity contribution in [1.29, 1.82) is 0 Å². The van der Waals surface area contributed by atoms with E-state index in [4.69, 9.17) is 14.2 Å². The van der Waals surface area contributed by atoms with Crippen LogP contribution in [0.15, 0.2) is 24.3 Å². The molecule has 0 N–H and O–H groups in total. The van der Waals surface area contributed by atoms with Crippen LogP contribution >= 0.6 is 0 Å². The molecule has 6 heteroatoms. The Kier molecular flexibility index (Phi) is 42.9. The summed E-state index contributed by atoms with van der Waals surface area (Å²) >= 11 is 0. The van der Waals surface area contributed by atoms with Crippen molar-refractivity contribution < 1.29 is 28.6 Å². The Labute approximate surface area is 341 Å². The number of esters is 3. The third-order valence-corrected chi connectivity index (χ3v) is 10.4. The lowest BCUT2D eigenvalue weighted by Crippen LogP contribution is -2.30. The molecule has 0 rings (SSSR count). The number of carbonyl (C=O) groups excluding carboxylic acids is 3. The predicted octanol–water partition coefficient (Wildman–Crippen LogP) is 15.2. The second-order valence-electron chi connectivity index (χ2n) is 16.0. The van der Waals surface area contributed by atoms with Gasteiger partial charge in [0.05, 0.1) is 0 Å². The van der Waals surface area contributed by atoms with Crippen LogP contribution in [0.25, 0.3) is 0 Å². The van der Waals surface area contributed by atoms with Crippen molar-refractivity contribution in [2.75, 3.05) is 13.2 Å². The number of allylic oxidation sites excluding steroid dienone is 4. The quantitative estimate of drug-likeness (QED) is 0.0266. The average Bonchev–Trinajstić information content (AvgIpc) is 3.18. The normalized spacial score (nSPS) is 12.1. The summed E-state index contributed by atoms with van der Waals surface area (Å²) in [5.41, 5.74) is 0. The van der Waals surface area contributed by atoms with Crippen molar-refractivity contribution in [2.45, 2.75) is 258 Å². The standard InChI is InChI=1S/C49H90O6/c1-4-7-10-13-15-17-19-21-23-24-25-26-28-29-31-33-36-39-42-48(51)54-45-46(44-53-47(50)41-38-35-12-9-6-3)55-49(52)43-40-37-34-32-30-27-22-20-18-16-14-11-8-5-2/h20,22-24,46H,4-19,21,25-45H2,1-3H3/b22-20-,24-23-. The fourth-order valence-electron chi connectivity index (χ4n) is 6.78. The average molecular weight is 775 g/mol. The predicted molar refractivity (Wildman–Crippen MR) is 233 cm³/mol. The number of hydrogen-bond acceptors (Lipinski definition) is 6. The highest BCUT2D eigenvalue weighted by Crippen LogP contribution is 2.14. The van der Waals surface area contributed by atoms with E-state index in [0.717, 1.165) is 70.6 Å². The highest BCUT2D eigenvalue weighted by Gasteiger charge is 2.19. The van der Waals surface area contributed by atoms with Gasteiger partial charge in [-0.15, -0.1) is 0 Å². The summed E-state index contributed by atoms with van der Waals surface area (Å²) in [5.74, 6) is -0.896. The van der Waals surface area contributed by atoms with Gasteiger partial charge in [0.1, 0.15) is 13.2 Å². The lowest BCUT2D eigenvalue weighted by atomic mass is 10.1. The van der Waals surface area contributed by atoms with Crippen LogP contribution in [0.5, 0.6) is 0 Å². The summed E-state index contributed by atoms with van der Waals surface area (Å²) in [4.78, 5) is 37.5. The summed E-state index contributed by atoms with van der Waals surface area (Å²) in [5, 5.41) is 0. The molecule has 0 aliphatic rings. The second-order valence-corrected chi connectivity index (χ2v) is 16.0. The van der Waals surface area contributed by atoms with E-state index >= 15 is 0 Å². The van der Waals surface area contributed by atoms with Gasteiger partial charge in [-0.25, -0.2) is 0 Å². The first kappa shape index (κ1) is 52.9. The maximum Gasteiger partial charge on any atom is 0.306 e. The molecule has 0 aliphatic heterocycles. The monoisotopic (exact) mass is 775 g/mol. The van der Waals surface area contributed by atoms with Gasteiger partial charge in [0.15, 0.2) is 6.10 Å². The SMILES string of the molecule is CCCCCCC/C=C\CCCCCCCC(=O)OC(COC(=O)CCCCCCC)COC(=O)CCCCCCCCC/C=C\CCCCCCCCC. The zero-order valence-electron chi connectivity index (χ0n) is 36.7. The molecule has 0 bridgehead atoms. The van der Waals surface area contributed by atoms with Crippen LogP contribution in [0.2, 0.25) is 0 Å². The molecule has 0 aromatic heterocycles. The van der Waals surface area contributed by atoms with Crippen molar-refractivity contribution in [3.63, 3.8) is 0 Å². The fourth-order valence-corrected chi connectivity index (χ4v) is 6.78. The summed E-state index contributed by atoms with van der Waals surface area (Å²) in [6, 6.07) is 0. The first-order valence-electron chi connectivity index (χ1n) is 23.8. The van der Waals surface area contributed by atoms with Gasteiger partial charge in [0.2, 0.25) is 0 Å². The van der Waals surface area contributed by atoms with Gasteiger partial charge in [0, 0.05) is 19.3 Å². The van der Waals surface area contributed by atoms with Gasteiger partial charge < -0.3 is 14.2 Å². The highest BCUT2D eigenvalue weighted by atomic mass is 16.6. The van der Waals surface area contributed by atoms with Crippen molar-refractivity contribution in [2.24, 2.45) is 0 Å². The van der Waals surface area contributed by atoms with Gasteiger partial charge in [-0.2, -0.15) is 0 Å². The van der Waals surface area contributed by atoms with E-state index in [-0.39, 0.29) is 31.1 Å². The zero-order valence-corrected chi connectivity index (χ0v) is 36.7. The van der Waals surface area contributed by atoms with Gasteiger partial charge in [-0.05, 0) is 70.6 Å². The Morgan fingerprint density at radius 3 is 0.909 bits per heavy atom. The lowest BCUT2D eigenvalue weighted by molar-refractivity contribution is -0.167. The molecule has 6 nitrogen and oxygen atoms in total. The van der Waals surface area contributed by atoms with Crippen LogP contribution in [0.1, 0.15) is 252 Å². The molecule has 0 radical (unpaired) electrons. The summed E-state index contributed by atoms with van der Waals surface area (Å²) in [6.45, 7) is 6.54. The Bertz CT molecular complexity index is 896. The molecule has 0 aliphatic carbocycles. The topological polar surface area (TPSA) is 78.9 Å². The molecule has 0 amide bonds. The molecule has 1 unspecified atom stereocenters. The van der Waals surface area contributed by atoms with Gasteiger partial charge in [-0.3, -0.25) is 14.4 Å². The van der Waals surface area contributed by atoms with Crippen LogP contribution in [0.4, 0.5) is 0 Å². The van der Waals surface area contributed by atoms with Crippen LogP contribution in [0, 0.1) is 0 Å². The fraction of sp³-hybridized carbons (Fsp3) is 0.857. The molecule has 0 saturated heterocycles. The minimum atomic E-state index is -0.769. The van der Waals surface area contributed by atoms with E-state index in [1.165, 1.54) is 141 Å². The lowest BCUT2D eigenvalue weighted by Gasteiger charge is -2.18. The van der Waals surface area contributed by atoms with E-state index < -0.39 is 6.10 Å². The Balaban J connectivity index is 4.18. The number of ether oxygens (including phenoxy) is 3. The van der Waals surface area contributed by atoms with Crippen molar-refractivity contribution >= 4 is 17.9 Å². The summed E-state index contributed by atoms with van der Waals surface area (Å²) < 4.78 is 16.6. The molecule has 322 valence electrons. The van der Waals surface area contributed by atoms with Crippen LogP contribution in [-0.2, 0) is 28.6 Å². The summed E-state index contributed by atoms with van der Waals surface area (Å²) in [7, 11) is 0. The molecule has 0 saturated carbocycles. The van der Waals surface area contributed by atoms with E-state index in [9.17, 15) is 14.4 Å². The third kappa shape index (κ3) is 42.9. The van der Waals surface area contributed by atoms with Crippen molar-refractivity contribution in [3.8, 4) is 0 Å². The maximum absolute atomic E-state index is 12.7. The van der Waals surface area contributed by atoms with Gasteiger partial charge in [-0.1, -0.05) is 186 Å². The smallest absolute Gasteiger partial charge is 0.306 e. The molecular weight excluding hydrogens is 685 g/mol. The highest BCUT2D eigenvalue weighted by molar-refractivity contribution is 5.71. The molecule has 1 atom stereocenters. The third-order valence-electron chi connectivity index (χ3n) is 10.4. The Hall–Kier alpha value is -2.11. The van der Waals surface area contributed by atoms with Crippen LogP contribution < -0.4 is 0 Å². The van der Waals surface area contributed by atoms with E-state index in [2.05, 4.69) is 45.1 Å². The first-order chi connectivity index (χ1) is 27.0. The molecular formula is C49H90O6. The number of hydrogen-bond donors (Lipinski definition) is 0. The summed E-state index contributed by atoms with van der Waals surface area (Å²) in [6.07, 6.45) is 49.1. The zero-order chi connectivity index (χ0) is 40.1. The number of carbonyl (C=O) groups is 3. The number of unbranched alkanes of at least 4 members (excludes halogenated alkanes) is 28. The minimum absolute atomic E-state index is 0.0753. The first-order valence-corrected chi connectivity index (χ1v) is 23.8. The minimum Gasteiger partial charge on any atom is -0.462 e. The second kappa shape index (κ2) is 44.6. The Morgan fingerprint density at radius 2 is 0.600 bits per heavy atom. The van der Waals surface area contributed by atoms with E-state index in [1.54, 1.807) is 0 Å². The largest absolute Gasteiger partial charge is 0.462 e. The molecule has 0 aromatic carbocycles. The van der Waals surface area contributed by atoms with Gasteiger partial charge in [0.25, 0.3) is 0 Å². The number of rotatable bonds is 43. The van der Waals surface area contributed by atoms with Crippen molar-refractivity contribution in [1.82, 2.24) is 0 Å². The van der Waals surface area contributed by atoms with Gasteiger partial charge >= 0.3 is 17.9 Å². The van der Waals surface area contributed by atoms with Crippen molar-refractivity contribution in [3.05, 3.63) is 24.3 Å².